The molecule has 3 nitrogen and oxygen atoms in total. The maximum absolute atomic E-state index is 12.7. The molecule has 4 rings (SSSR count). The molecule has 28 heavy (non-hydrogen) atoms. The molecule has 0 spiro atoms. The summed E-state index contributed by atoms with van der Waals surface area (Å²) >= 11 is 3.48. The number of ether oxygens (including phenoxy) is 1. The Morgan fingerprint density at radius 1 is 1.00 bits per heavy atom. The van der Waals surface area contributed by atoms with Crippen LogP contribution >= 0.6 is 15.9 Å². The smallest absolute Gasteiger partial charge is 0.251 e. The fourth-order valence-electron chi connectivity index (χ4n) is 3.62. The van der Waals surface area contributed by atoms with E-state index in [1.165, 1.54) is 11.1 Å². The van der Waals surface area contributed by atoms with E-state index in [-0.39, 0.29) is 11.9 Å². The first kappa shape index (κ1) is 18.8. The van der Waals surface area contributed by atoms with Crippen LogP contribution in [0, 0.1) is 0 Å². The highest BCUT2D eigenvalue weighted by atomic mass is 79.9. The number of hydrogen-bond donors (Lipinski definition) is 1. The minimum absolute atomic E-state index is 0.0278. The van der Waals surface area contributed by atoms with Gasteiger partial charge in [0.2, 0.25) is 0 Å². The fraction of sp³-hybridized carbons (Fsp3) is 0.208. The zero-order valence-electron chi connectivity index (χ0n) is 15.5. The molecule has 0 heterocycles. The molecule has 4 heteroatoms. The Balaban J connectivity index is 1.39. The number of amides is 1. The van der Waals surface area contributed by atoms with Gasteiger partial charge in [-0.1, -0.05) is 48.5 Å². The van der Waals surface area contributed by atoms with Gasteiger partial charge in [-0.25, -0.2) is 0 Å². The third kappa shape index (κ3) is 4.28. The first-order chi connectivity index (χ1) is 13.7. The molecule has 0 bridgehead atoms. The SMILES string of the molecule is O=C(NC1CCCc2ccccc21)c1ccc(COc2ccccc2Br)cc1. The van der Waals surface area contributed by atoms with E-state index < -0.39 is 0 Å². The summed E-state index contributed by atoms with van der Waals surface area (Å²) in [5, 5.41) is 3.20. The highest BCUT2D eigenvalue weighted by molar-refractivity contribution is 9.10. The average molecular weight is 436 g/mol. The maximum Gasteiger partial charge on any atom is 0.251 e. The van der Waals surface area contributed by atoms with E-state index >= 15 is 0 Å². The molecule has 0 radical (unpaired) electrons. The van der Waals surface area contributed by atoms with Gasteiger partial charge in [-0.05, 0) is 76.1 Å². The summed E-state index contributed by atoms with van der Waals surface area (Å²) in [5.74, 6) is 0.778. The van der Waals surface area contributed by atoms with Gasteiger partial charge in [-0.2, -0.15) is 0 Å². The molecule has 1 aliphatic carbocycles. The lowest BCUT2D eigenvalue weighted by Gasteiger charge is -2.26. The second-order valence-electron chi connectivity index (χ2n) is 7.03. The number of aryl methyl sites for hydroxylation is 1. The van der Waals surface area contributed by atoms with Crippen LogP contribution in [0.3, 0.4) is 0 Å². The third-order valence-electron chi connectivity index (χ3n) is 5.12. The largest absolute Gasteiger partial charge is 0.488 e. The Kier molecular flexibility index (Phi) is 5.77. The molecule has 0 fully saturated rings. The van der Waals surface area contributed by atoms with E-state index in [9.17, 15) is 4.79 Å². The molecule has 3 aromatic rings. The molecule has 1 N–H and O–H groups in total. The topological polar surface area (TPSA) is 38.3 Å². The number of fused-ring (bicyclic) bond motifs is 1. The lowest BCUT2D eigenvalue weighted by molar-refractivity contribution is 0.0932. The standard InChI is InChI=1S/C24H22BrNO2/c25-21-9-3-4-11-23(21)28-16-17-12-14-19(15-13-17)24(27)26-22-10-5-7-18-6-1-2-8-20(18)22/h1-4,6,8-9,11-15,22H,5,7,10,16H2,(H,26,27). The molecule has 3 aromatic carbocycles. The quantitative estimate of drug-likeness (QED) is 0.546. The number of carbonyl (C=O) groups excluding carboxylic acids is 1. The van der Waals surface area contributed by atoms with Crippen LogP contribution in [0.5, 0.6) is 5.75 Å². The predicted molar refractivity (Wildman–Crippen MR) is 115 cm³/mol. The van der Waals surface area contributed by atoms with Crippen LogP contribution in [0.4, 0.5) is 0 Å². The van der Waals surface area contributed by atoms with Crippen molar-refractivity contribution in [1.29, 1.82) is 0 Å². The second-order valence-corrected chi connectivity index (χ2v) is 7.89. The Morgan fingerprint density at radius 2 is 1.75 bits per heavy atom. The lowest BCUT2D eigenvalue weighted by atomic mass is 9.87. The van der Waals surface area contributed by atoms with Crippen molar-refractivity contribution in [3.63, 3.8) is 0 Å². The van der Waals surface area contributed by atoms with Crippen molar-refractivity contribution in [3.8, 4) is 5.75 Å². The Bertz CT molecular complexity index is 968. The van der Waals surface area contributed by atoms with Gasteiger partial charge in [0.1, 0.15) is 12.4 Å². The Labute approximate surface area is 173 Å². The van der Waals surface area contributed by atoms with Crippen LogP contribution in [0.1, 0.15) is 45.9 Å². The van der Waals surface area contributed by atoms with Gasteiger partial charge in [0.05, 0.1) is 10.5 Å². The summed E-state index contributed by atoms with van der Waals surface area (Å²) in [4.78, 5) is 12.7. The normalized spacial score (nSPS) is 15.5. The zero-order valence-corrected chi connectivity index (χ0v) is 17.1. The van der Waals surface area contributed by atoms with E-state index in [1.807, 2.05) is 54.6 Å². The number of rotatable bonds is 5. The van der Waals surface area contributed by atoms with Crippen molar-refractivity contribution in [2.75, 3.05) is 0 Å². The Hall–Kier alpha value is -2.59. The van der Waals surface area contributed by atoms with Crippen molar-refractivity contribution < 1.29 is 9.53 Å². The van der Waals surface area contributed by atoms with Crippen LogP contribution in [-0.2, 0) is 13.0 Å². The number of para-hydroxylation sites is 1. The van der Waals surface area contributed by atoms with Crippen molar-refractivity contribution in [2.24, 2.45) is 0 Å². The molecule has 0 saturated heterocycles. The highest BCUT2D eigenvalue weighted by Crippen LogP contribution is 2.29. The third-order valence-corrected chi connectivity index (χ3v) is 5.78. The monoisotopic (exact) mass is 435 g/mol. The minimum Gasteiger partial charge on any atom is -0.488 e. The van der Waals surface area contributed by atoms with Crippen molar-refractivity contribution in [2.45, 2.75) is 31.9 Å². The first-order valence-electron chi connectivity index (χ1n) is 9.55. The second kappa shape index (κ2) is 8.61. The van der Waals surface area contributed by atoms with Crippen LogP contribution in [0.2, 0.25) is 0 Å². The van der Waals surface area contributed by atoms with Crippen LogP contribution in [0.25, 0.3) is 0 Å². The molecule has 142 valence electrons. The summed E-state index contributed by atoms with van der Waals surface area (Å²) in [5.41, 5.74) is 4.29. The van der Waals surface area contributed by atoms with E-state index in [4.69, 9.17) is 4.74 Å². The van der Waals surface area contributed by atoms with E-state index in [0.717, 1.165) is 35.0 Å². The van der Waals surface area contributed by atoms with Gasteiger partial charge in [0, 0.05) is 5.56 Å². The van der Waals surface area contributed by atoms with E-state index in [1.54, 1.807) is 0 Å². The van der Waals surface area contributed by atoms with Gasteiger partial charge in [0.15, 0.2) is 0 Å². The lowest BCUT2D eigenvalue weighted by Crippen LogP contribution is -2.30. The predicted octanol–water partition coefficient (Wildman–Crippen LogP) is 5.84. The number of carbonyl (C=O) groups is 1. The number of halogens is 1. The molecular formula is C24H22BrNO2. The molecule has 0 aromatic heterocycles. The number of nitrogens with one attached hydrogen (secondary N) is 1. The molecule has 0 aliphatic heterocycles. The summed E-state index contributed by atoms with van der Waals surface area (Å²) in [7, 11) is 0. The van der Waals surface area contributed by atoms with Gasteiger partial charge < -0.3 is 10.1 Å². The van der Waals surface area contributed by atoms with Crippen LogP contribution < -0.4 is 10.1 Å². The highest BCUT2D eigenvalue weighted by Gasteiger charge is 2.21. The molecule has 1 atom stereocenters. The van der Waals surface area contributed by atoms with Crippen LogP contribution in [0.15, 0.2) is 77.3 Å². The summed E-state index contributed by atoms with van der Waals surface area (Å²) in [6.45, 7) is 0.459. The maximum atomic E-state index is 12.7. The van der Waals surface area contributed by atoms with Gasteiger partial charge in [0.25, 0.3) is 5.91 Å². The zero-order chi connectivity index (χ0) is 19.3. The Morgan fingerprint density at radius 3 is 2.57 bits per heavy atom. The van der Waals surface area contributed by atoms with Gasteiger partial charge >= 0.3 is 0 Å². The summed E-state index contributed by atoms with van der Waals surface area (Å²) in [6, 6.07) is 23.9. The van der Waals surface area contributed by atoms with Crippen molar-refractivity contribution >= 4 is 21.8 Å². The van der Waals surface area contributed by atoms with Crippen molar-refractivity contribution in [1.82, 2.24) is 5.32 Å². The molecule has 1 amide bonds. The van der Waals surface area contributed by atoms with Gasteiger partial charge in [-0.3, -0.25) is 4.79 Å². The molecular weight excluding hydrogens is 414 g/mol. The first-order valence-corrected chi connectivity index (χ1v) is 10.3. The number of benzene rings is 3. The summed E-state index contributed by atoms with van der Waals surface area (Å²) in [6.07, 6.45) is 3.18. The fourth-order valence-corrected chi connectivity index (χ4v) is 4.02. The van der Waals surface area contributed by atoms with E-state index in [2.05, 4.69) is 39.4 Å². The minimum atomic E-state index is -0.0278. The molecule has 1 unspecified atom stereocenters. The van der Waals surface area contributed by atoms with E-state index in [0.29, 0.717) is 12.2 Å². The van der Waals surface area contributed by atoms with Gasteiger partial charge in [-0.15, -0.1) is 0 Å². The number of hydrogen-bond acceptors (Lipinski definition) is 2. The van der Waals surface area contributed by atoms with Crippen LogP contribution in [-0.4, -0.2) is 5.91 Å². The molecule has 1 aliphatic rings. The summed E-state index contributed by atoms with van der Waals surface area (Å²) < 4.78 is 6.77. The average Bonchev–Trinajstić information content (AvgIpc) is 2.74. The van der Waals surface area contributed by atoms with Crippen molar-refractivity contribution in [3.05, 3.63) is 99.5 Å². The molecule has 0 saturated carbocycles.